The molecule has 1 amide bonds. The Kier molecular flexibility index (Phi) is 7.67. The van der Waals surface area contributed by atoms with Crippen molar-refractivity contribution in [1.29, 1.82) is 0 Å². The van der Waals surface area contributed by atoms with Crippen molar-refractivity contribution < 1.29 is 4.79 Å². The summed E-state index contributed by atoms with van der Waals surface area (Å²) in [6.07, 6.45) is 6.75. The molecular weight excluding hydrogens is 319 g/mol. The Balaban J connectivity index is 0.00000242. The Hall–Kier alpha value is -0.770. The first-order chi connectivity index (χ1) is 10.0. The quantitative estimate of drug-likeness (QED) is 0.842. The number of benzene rings is 1. The minimum absolute atomic E-state index is 0. The molecule has 0 bridgehead atoms. The topological polar surface area (TPSA) is 55.1 Å². The molecule has 0 radical (unpaired) electrons. The molecule has 0 heterocycles. The highest BCUT2D eigenvalue weighted by Crippen LogP contribution is 2.37. The van der Waals surface area contributed by atoms with Crippen LogP contribution in [0.2, 0.25) is 5.02 Å². The van der Waals surface area contributed by atoms with Crippen molar-refractivity contribution in [2.45, 2.75) is 63.5 Å². The molecule has 1 unspecified atom stereocenters. The molecule has 1 atom stereocenters. The van der Waals surface area contributed by atoms with E-state index in [0.717, 1.165) is 37.1 Å². The van der Waals surface area contributed by atoms with E-state index >= 15 is 0 Å². The van der Waals surface area contributed by atoms with Gasteiger partial charge in [0.25, 0.3) is 0 Å². The van der Waals surface area contributed by atoms with Crippen LogP contribution in [-0.4, -0.2) is 11.9 Å². The maximum Gasteiger partial charge on any atom is 0.220 e. The van der Waals surface area contributed by atoms with Gasteiger partial charge in [-0.1, -0.05) is 43.0 Å². The van der Waals surface area contributed by atoms with Gasteiger partial charge in [0, 0.05) is 17.5 Å². The highest BCUT2D eigenvalue weighted by Gasteiger charge is 2.35. The van der Waals surface area contributed by atoms with Crippen molar-refractivity contribution in [2.75, 3.05) is 0 Å². The molecule has 2 rings (SSSR count). The Labute approximate surface area is 144 Å². The van der Waals surface area contributed by atoms with Crippen molar-refractivity contribution in [3.05, 3.63) is 34.9 Å². The second-order valence-corrected chi connectivity index (χ2v) is 6.65. The van der Waals surface area contributed by atoms with E-state index in [0.29, 0.717) is 6.42 Å². The lowest BCUT2D eigenvalue weighted by Gasteiger charge is -2.39. The molecule has 1 aliphatic rings. The molecule has 1 aromatic carbocycles. The van der Waals surface area contributed by atoms with Crippen LogP contribution >= 0.6 is 24.0 Å². The van der Waals surface area contributed by atoms with Crippen LogP contribution < -0.4 is 11.1 Å². The van der Waals surface area contributed by atoms with E-state index in [1.54, 1.807) is 0 Å². The smallest absolute Gasteiger partial charge is 0.220 e. The van der Waals surface area contributed by atoms with Gasteiger partial charge in [-0.05, 0) is 43.9 Å². The third kappa shape index (κ3) is 5.15. The van der Waals surface area contributed by atoms with Crippen LogP contribution in [0.4, 0.5) is 0 Å². The van der Waals surface area contributed by atoms with Crippen LogP contribution in [0.15, 0.2) is 24.3 Å². The van der Waals surface area contributed by atoms with E-state index < -0.39 is 0 Å². The third-order valence-corrected chi connectivity index (χ3v) is 4.56. The minimum Gasteiger partial charge on any atom is -0.347 e. The van der Waals surface area contributed by atoms with Crippen LogP contribution in [0.5, 0.6) is 0 Å². The van der Waals surface area contributed by atoms with E-state index in [4.69, 9.17) is 17.3 Å². The summed E-state index contributed by atoms with van der Waals surface area (Å²) in [7, 11) is 0. The number of amides is 1. The van der Waals surface area contributed by atoms with Gasteiger partial charge in [-0.3, -0.25) is 4.79 Å². The molecular formula is C17H26Cl2N2O. The SMILES string of the molecule is CC(N)CCC(=O)NC1(c2ccc(Cl)cc2)CCCCC1.Cl. The minimum atomic E-state index is -0.224. The molecule has 1 saturated carbocycles. The fourth-order valence-corrected chi connectivity index (χ4v) is 3.22. The largest absolute Gasteiger partial charge is 0.347 e. The van der Waals surface area contributed by atoms with E-state index in [1.807, 2.05) is 31.2 Å². The summed E-state index contributed by atoms with van der Waals surface area (Å²) < 4.78 is 0. The lowest BCUT2D eigenvalue weighted by Crippen LogP contribution is -2.47. The van der Waals surface area contributed by atoms with Gasteiger partial charge in [-0.25, -0.2) is 0 Å². The third-order valence-electron chi connectivity index (χ3n) is 4.31. The number of nitrogens with two attached hydrogens (primary N) is 1. The molecule has 0 spiro atoms. The van der Waals surface area contributed by atoms with E-state index in [-0.39, 0.29) is 29.9 Å². The standard InChI is InChI=1S/C17H25ClN2O.ClH/c1-13(19)5-10-16(21)20-17(11-3-2-4-12-17)14-6-8-15(18)9-7-14;/h6-9,13H,2-5,10-12,19H2,1H3,(H,20,21);1H. The summed E-state index contributed by atoms with van der Waals surface area (Å²) in [5.74, 6) is 0.101. The monoisotopic (exact) mass is 344 g/mol. The summed E-state index contributed by atoms with van der Waals surface area (Å²) in [5, 5.41) is 4.02. The number of hydrogen-bond acceptors (Lipinski definition) is 2. The van der Waals surface area contributed by atoms with Crippen molar-refractivity contribution >= 4 is 29.9 Å². The number of nitrogens with one attached hydrogen (secondary N) is 1. The molecule has 0 saturated heterocycles. The average Bonchev–Trinajstić information content (AvgIpc) is 2.47. The van der Waals surface area contributed by atoms with Crippen molar-refractivity contribution in [3.63, 3.8) is 0 Å². The van der Waals surface area contributed by atoms with Gasteiger partial charge >= 0.3 is 0 Å². The number of carbonyl (C=O) groups is 1. The van der Waals surface area contributed by atoms with Crippen molar-refractivity contribution in [3.8, 4) is 0 Å². The van der Waals surface area contributed by atoms with Gasteiger partial charge in [0.1, 0.15) is 0 Å². The lowest BCUT2D eigenvalue weighted by molar-refractivity contribution is -0.123. The predicted octanol–water partition coefficient (Wildman–Crippen LogP) is 4.16. The first-order valence-corrected chi connectivity index (χ1v) is 8.22. The van der Waals surface area contributed by atoms with Gasteiger partial charge in [0.15, 0.2) is 0 Å². The zero-order valence-electron chi connectivity index (χ0n) is 13.1. The number of carbonyl (C=O) groups excluding carboxylic acids is 1. The van der Waals surface area contributed by atoms with Crippen LogP contribution in [0, 0.1) is 0 Å². The molecule has 124 valence electrons. The molecule has 1 fully saturated rings. The molecule has 1 aliphatic carbocycles. The first kappa shape index (κ1) is 19.3. The Morgan fingerprint density at radius 2 is 1.86 bits per heavy atom. The highest BCUT2D eigenvalue weighted by molar-refractivity contribution is 6.30. The van der Waals surface area contributed by atoms with E-state index in [2.05, 4.69) is 5.32 Å². The second-order valence-electron chi connectivity index (χ2n) is 6.21. The first-order valence-electron chi connectivity index (χ1n) is 7.84. The van der Waals surface area contributed by atoms with Gasteiger partial charge in [-0.15, -0.1) is 12.4 Å². The molecule has 0 aliphatic heterocycles. The van der Waals surface area contributed by atoms with Crippen LogP contribution in [0.3, 0.4) is 0 Å². The molecule has 3 N–H and O–H groups in total. The van der Waals surface area contributed by atoms with Gasteiger partial charge in [0.05, 0.1) is 5.54 Å². The Morgan fingerprint density at radius 3 is 2.41 bits per heavy atom. The lowest BCUT2D eigenvalue weighted by atomic mass is 9.76. The van der Waals surface area contributed by atoms with E-state index in [1.165, 1.54) is 12.0 Å². The highest BCUT2D eigenvalue weighted by atomic mass is 35.5. The maximum absolute atomic E-state index is 12.3. The van der Waals surface area contributed by atoms with Crippen LogP contribution in [0.25, 0.3) is 0 Å². The van der Waals surface area contributed by atoms with Crippen molar-refractivity contribution in [2.24, 2.45) is 5.73 Å². The van der Waals surface area contributed by atoms with Gasteiger partial charge < -0.3 is 11.1 Å². The van der Waals surface area contributed by atoms with Crippen molar-refractivity contribution in [1.82, 2.24) is 5.32 Å². The van der Waals surface area contributed by atoms with E-state index in [9.17, 15) is 4.79 Å². The average molecular weight is 345 g/mol. The summed E-state index contributed by atoms with van der Waals surface area (Å²) in [6, 6.07) is 7.95. The predicted molar refractivity (Wildman–Crippen MR) is 94.5 cm³/mol. The fraction of sp³-hybridized carbons (Fsp3) is 0.588. The second kappa shape index (κ2) is 8.76. The summed E-state index contributed by atoms with van der Waals surface area (Å²) in [4.78, 5) is 12.3. The van der Waals surface area contributed by atoms with Crippen LogP contribution in [-0.2, 0) is 10.3 Å². The maximum atomic E-state index is 12.3. The zero-order chi connectivity index (χ0) is 15.3. The molecule has 3 nitrogen and oxygen atoms in total. The summed E-state index contributed by atoms with van der Waals surface area (Å²) >= 11 is 5.99. The number of rotatable bonds is 5. The fourth-order valence-electron chi connectivity index (χ4n) is 3.10. The molecule has 1 aromatic rings. The number of hydrogen-bond donors (Lipinski definition) is 2. The summed E-state index contributed by atoms with van der Waals surface area (Å²) in [6.45, 7) is 1.93. The molecule has 22 heavy (non-hydrogen) atoms. The van der Waals surface area contributed by atoms with Gasteiger partial charge in [-0.2, -0.15) is 0 Å². The number of halogens is 2. The zero-order valence-corrected chi connectivity index (χ0v) is 14.7. The van der Waals surface area contributed by atoms with Crippen LogP contribution in [0.1, 0.15) is 57.4 Å². The molecule has 0 aromatic heterocycles. The Bertz CT molecular complexity index is 468. The summed E-state index contributed by atoms with van der Waals surface area (Å²) in [5.41, 5.74) is 6.68. The Morgan fingerprint density at radius 1 is 1.27 bits per heavy atom. The van der Waals surface area contributed by atoms with Gasteiger partial charge in [0.2, 0.25) is 5.91 Å². The normalized spacial score (nSPS) is 18.1. The molecule has 5 heteroatoms.